The van der Waals surface area contributed by atoms with E-state index in [-0.39, 0.29) is 12.4 Å². The predicted octanol–water partition coefficient (Wildman–Crippen LogP) is 3.68. The zero-order valence-electron chi connectivity index (χ0n) is 14.2. The standard InChI is InChI=1S/C20H21NO4/c1-24-17-11-9-16(10-12-17)19(22)18-8-5-13-21(18)20(23)25-14-15-6-3-2-4-7-15/h2-4,6-7,9-12,18H,5,8,13-14H2,1H3. The molecule has 0 spiro atoms. The summed E-state index contributed by atoms with van der Waals surface area (Å²) in [6.07, 6.45) is 1.02. The maximum Gasteiger partial charge on any atom is 0.410 e. The molecule has 3 rings (SSSR count). The average molecular weight is 339 g/mol. The van der Waals surface area contributed by atoms with Crippen LogP contribution in [0.3, 0.4) is 0 Å². The van der Waals surface area contributed by atoms with Crippen molar-refractivity contribution in [1.29, 1.82) is 0 Å². The molecule has 1 unspecified atom stereocenters. The van der Waals surface area contributed by atoms with Crippen LogP contribution in [0.4, 0.5) is 4.79 Å². The van der Waals surface area contributed by atoms with Gasteiger partial charge in [0.25, 0.3) is 0 Å². The quantitative estimate of drug-likeness (QED) is 0.780. The predicted molar refractivity (Wildman–Crippen MR) is 93.7 cm³/mol. The highest BCUT2D eigenvalue weighted by atomic mass is 16.6. The van der Waals surface area contributed by atoms with E-state index >= 15 is 0 Å². The van der Waals surface area contributed by atoms with Crippen LogP contribution in [0.2, 0.25) is 0 Å². The van der Waals surface area contributed by atoms with Gasteiger partial charge in [-0.1, -0.05) is 30.3 Å². The molecule has 1 aliphatic heterocycles. The lowest BCUT2D eigenvalue weighted by Gasteiger charge is -2.23. The first kappa shape index (κ1) is 17.0. The molecule has 25 heavy (non-hydrogen) atoms. The van der Waals surface area contributed by atoms with Gasteiger partial charge in [-0.05, 0) is 42.7 Å². The molecule has 1 amide bonds. The number of hydrogen-bond donors (Lipinski definition) is 0. The smallest absolute Gasteiger partial charge is 0.410 e. The Bertz CT molecular complexity index is 727. The number of hydrogen-bond acceptors (Lipinski definition) is 4. The van der Waals surface area contributed by atoms with Gasteiger partial charge in [0.1, 0.15) is 12.4 Å². The summed E-state index contributed by atoms with van der Waals surface area (Å²) in [6.45, 7) is 0.750. The Balaban J connectivity index is 1.64. The molecule has 2 aromatic rings. The van der Waals surface area contributed by atoms with Gasteiger partial charge in [-0.25, -0.2) is 4.79 Å². The fraction of sp³-hybridized carbons (Fsp3) is 0.300. The van der Waals surface area contributed by atoms with Crippen LogP contribution in [0.5, 0.6) is 5.75 Å². The van der Waals surface area contributed by atoms with E-state index in [4.69, 9.17) is 9.47 Å². The molecular formula is C20H21NO4. The Morgan fingerprint density at radius 1 is 1.08 bits per heavy atom. The van der Waals surface area contributed by atoms with Crippen molar-refractivity contribution < 1.29 is 19.1 Å². The molecule has 1 heterocycles. The number of carbonyl (C=O) groups is 2. The van der Waals surface area contributed by atoms with Crippen LogP contribution in [-0.4, -0.2) is 36.5 Å². The third kappa shape index (κ3) is 3.99. The lowest BCUT2D eigenvalue weighted by atomic mass is 10.0. The van der Waals surface area contributed by atoms with Crippen LogP contribution in [0, 0.1) is 0 Å². The highest BCUT2D eigenvalue weighted by molar-refractivity contribution is 6.01. The van der Waals surface area contributed by atoms with Crippen LogP contribution in [0.1, 0.15) is 28.8 Å². The van der Waals surface area contributed by atoms with Crippen molar-refractivity contribution in [3.8, 4) is 5.75 Å². The minimum Gasteiger partial charge on any atom is -0.497 e. The first-order chi connectivity index (χ1) is 12.2. The summed E-state index contributed by atoms with van der Waals surface area (Å²) in [6, 6.07) is 16.0. The van der Waals surface area contributed by atoms with Crippen LogP contribution in [0.25, 0.3) is 0 Å². The van der Waals surface area contributed by atoms with Crippen molar-refractivity contribution in [2.45, 2.75) is 25.5 Å². The molecule has 0 aliphatic carbocycles. The van der Waals surface area contributed by atoms with E-state index < -0.39 is 12.1 Å². The van der Waals surface area contributed by atoms with Gasteiger partial charge in [-0.3, -0.25) is 9.69 Å². The Kier molecular flexibility index (Phi) is 5.33. The number of carbonyl (C=O) groups excluding carboxylic acids is 2. The van der Waals surface area contributed by atoms with Crippen molar-refractivity contribution in [3.63, 3.8) is 0 Å². The monoisotopic (exact) mass is 339 g/mol. The molecule has 5 heteroatoms. The van der Waals surface area contributed by atoms with Gasteiger partial charge in [0, 0.05) is 12.1 Å². The number of amides is 1. The number of likely N-dealkylation sites (tertiary alicyclic amines) is 1. The fourth-order valence-corrected chi connectivity index (χ4v) is 3.01. The molecule has 5 nitrogen and oxygen atoms in total. The molecule has 1 aliphatic rings. The number of methoxy groups -OCH3 is 1. The van der Waals surface area contributed by atoms with Crippen LogP contribution in [-0.2, 0) is 11.3 Å². The number of ether oxygens (including phenoxy) is 2. The first-order valence-electron chi connectivity index (χ1n) is 8.34. The summed E-state index contributed by atoms with van der Waals surface area (Å²) >= 11 is 0. The summed E-state index contributed by atoms with van der Waals surface area (Å²) in [7, 11) is 1.58. The number of Topliss-reactive ketones (excluding diaryl/α,β-unsaturated/α-hetero) is 1. The normalized spacial score (nSPS) is 16.5. The first-order valence-corrected chi connectivity index (χ1v) is 8.34. The molecule has 0 radical (unpaired) electrons. The SMILES string of the molecule is COc1ccc(C(=O)C2CCCN2C(=O)OCc2ccccc2)cc1. The van der Waals surface area contributed by atoms with Gasteiger partial charge in [-0.15, -0.1) is 0 Å². The number of rotatable bonds is 5. The van der Waals surface area contributed by atoms with Gasteiger partial charge in [0.05, 0.1) is 13.2 Å². The van der Waals surface area contributed by atoms with E-state index in [9.17, 15) is 9.59 Å². The largest absolute Gasteiger partial charge is 0.497 e. The second-order valence-electron chi connectivity index (χ2n) is 5.98. The van der Waals surface area contributed by atoms with Crippen molar-refractivity contribution in [3.05, 3.63) is 65.7 Å². The van der Waals surface area contributed by atoms with Gasteiger partial charge in [-0.2, -0.15) is 0 Å². The van der Waals surface area contributed by atoms with Crippen LogP contribution >= 0.6 is 0 Å². The summed E-state index contributed by atoms with van der Waals surface area (Å²) in [4.78, 5) is 26.7. The highest BCUT2D eigenvalue weighted by Crippen LogP contribution is 2.23. The number of benzene rings is 2. The van der Waals surface area contributed by atoms with E-state index in [1.54, 1.807) is 31.4 Å². The van der Waals surface area contributed by atoms with Gasteiger partial charge in [0.15, 0.2) is 5.78 Å². The van der Waals surface area contributed by atoms with Gasteiger partial charge >= 0.3 is 6.09 Å². The van der Waals surface area contributed by atoms with Gasteiger partial charge < -0.3 is 9.47 Å². The molecule has 0 aromatic heterocycles. The molecule has 1 saturated heterocycles. The van der Waals surface area contributed by atoms with E-state index in [1.807, 2.05) is 30.3 Å². The van der Waals surface area contributed by atoms with Crippen molar-refractivity contribution in [1.82, 2.24) is 4.90 Å². The average Bonchev–Trinajstić information content (AvgIpc) is 3.16. The van der Waals surface area contributed by atoms with Gasteiger partial charge in [0.2, 0.25) is 0 Å². The molecular weight excluding hydrogens is 318 g/mol. The number of nitrogens with zero attached hydrogens (tertiary/aromatic N) is 1. The third-order valence-corrected chi connectivity index (χ3v) is 4.37. The third-order valence-electron chi connectivity index (χ3n) is 4.37. The maximum atomic E-state index is 12.7. The minimum atomic E-state index is -0.461. The van der Waals surface area contributed by atoms with Crippen LogP contribution < -0.4 is 4.74 Å². The van der Waals surface area contributed by atoms with Crippen molar-refractivity contribution in [2.75, 3.05) is 13.7 Å². The van der Waals surface area contributed by atoms with E-state index in [0.29, 0.717) is 24.3 Å². The van der Waals surface area contributed by atoms with Crippen molar-refractivity contribution in [2.24, 2.45) is 0 Å². The van der Waals surface area contributed by atoms with E-state index in [1.165, 1.54) is 4.90 Å². The molecule has 130 valence electrons. The second-order valence-corrected chi connectivity index (χ2v) is 5.98. The molecule has 1 atom stereocenters. The Hall–Kier alpha value is -2.82. The summed E-state index contributed by atoms with van der Waals surface area (Å²) in [5, 5.41) is 0. The Morgan fingerprint density at radius 3 is 2.48 bits per heavy atom. The van der Waals surface area contributed by atoms with E-state index in [0.717, 1.165) is 12.0 Å². The molecule has 2 aromatic carbocycles. The molecule has 0 saturated carbocycles. The zero-order valence-corrected chi connectivity index (χ0v) is 14.2. The minimum absolute atomic E-state index is 0.0585. The van der Waals surface area contributed by atoms with Crippen molar-refractivity contribution >= 4 is 11.9 Å². The molecule has 0 bridgehead atoms. The molecule has 0 N–H and O–H groups in total. The highest BCUT2D eigenvalue weighted by Gasteiger charge is 2.35. The summed E-state index contributed by atoms with van der Waals surface area (Å²) in [5.74, 6) is 0.638. The Morgan fingerprint density at radius 2 is 1.80 bits per heavy atom. The fourth-order valence-electron chi connectivity index (χ4n) is 3.01. The van der Waals surface area contributed by atoms with Crippen LogP contribution in [0.15, 0.2) is 54.6 Å². The van der Waals surface area contributed by atoms with E-state index in [2.05, 4.69) is 0 Å². The topological polar surface area (TPSA) is 55.8 Å². The Labute approximate surface area is 147 Å². The number of ketones is 1. The lowest BCUT2D eigenvalue weighted by Crippen LogP contribution is -2.40. The second kappa shape index (κ2) is 7.83. The summed E-state index contributed by atoms with van der Waals surface area (Å²) < 4.78 is 10.5. The maximum absolute atomic E-state index is 12.7. The molecule has 1 fully saturated rings. The summed E-state index contributed by atoms with van der Waals surface area (Å²) in [5.41, 5.74) is 1.50. The zero-order chi connectivity index (χ0) is 17.6. The lowest BCUT2D eigenvalue weighted by molar-refractivity contribution is 0.0738.